The van der Waals surface area contributed by atoms with Crippen molar-refractivity contribution in [1.29, 1.82) is 0 Å². The molecule has 6 heteroatoms. The third-order valence-electron chi connectivity index (χ3n) is 5.70. The molecule has 2 aromatic carbocycles. The van der Waals surface area contributed by atoms with E-state index in [1.807, 2.05) is 70.1 Å². The molecule has 0 aromatic heterocycles. The van der Waals surface area contributed by atoms with E-state index >= 15 is 0 Å². The summed E-state index contributed by atoms with van der Waals surface area (Å²) in [5, 5.41) is 11.3. The van der Waals surface area contributed by atoms with Crippen molar-refractivity contribution >= 4 is 17.4 Å². The Morgan fingerprint density at radius 2 is 1.78 bits per heavy atom. The maximum absolute atomic E-state index is 13.1. The molecule has 1 aliphatic rings. The van der Waals surface area contributed by atoms with Gasteiger partial charge in [0.1, 0.15) is 11.5 Å². The summed E-state index contributed by atoms with van der Waals surface area (Å²) in [6.07, 6.45) is 0.727. The number of likely N-dealkylation sites (tertiary alicyclic amines) is 1. The molecule has 0 radical (unpaired) electrons. The van der Waals surface area contributed by atoms with Crippen LogP contribution in [0.25, 0.3) is 5.76 Å². The van der Waals surface area contributed by atoms with Gasteiger partial charge in [0.05, 0.1) is 18.2 Å². The van der Waals surface area contributed by atoms with Crippen molar-refractivity contribution in [2.75, 3.05) is 33.8 Å². The lowest BCUT2D eigenvalue weighted by atomic mass is 9.93. The smallest absolute Gasteiger partial charge is 0.295 e. The van der Waals surface area contributed by atoms with Crippen molar-refractivity contribution in [2.45, 2.75) is 33.2 Å². The topological polar surface area (TPSA) is 70.1 Å². The molecule has 3 rings (SSSR count). The Kier molecular flexibility index (Phi) is 7.36. The van der Waals surface area contributed by atoms with E-state index in [1.54, 1.807) is 17.0 Å². The molecule has 6 nitrogen and oxygen atoms in total. The van der Waals surface area contributed by atoms with Gasteiger partial charge in [0.2, 0.25) is 0 Å². The summed E-state index contributed by atoms with van der Waals surface area (Å²) in [5.74, 6) is -0.670. The van der Waals surface area contributed by atoms with Crippen LogP contribution in [0, 0.1) is 13.8 Å². The lowest BCUT2D eigenvalue weighted by molar-refractivity contribution is -0.139. The number of amides is 1. The van der Waals surface area contributed by atoms with Gasteiger partial charge in [-0.25, -0.2) is 0 Å². The van der Waals surface area contributed by atoms with Crippen LogP contribution < -0.4 is 4.74 Å². The summed E-state index contributed by atoms with van der Waals surface area (Å²) in [7, 11) is 3.94. The summed E-state index contributed by atoms with van der Waals surface area (Å²) in [5.41, 5.74) is 3.33. The average molecular weight is 437 g/mol. The van der Waals surface area contributed by atoms with Crippen LogP contribution in [0.5, 0.6) is 5.75 Å². The van der Waals surface area contributed by atoms with Crippen LogP contribution in [0.1, 0.15) is 41.6 Å². The number of ether oxygens (including phenoxy) is 1. The minimum Gasteiger partial charge on any atom is -0.507 e. The maximum atomic E-state index is 13.1. The minimum absolute atomic E-state index is 0.135. The van der Waals surface area contributed by atoms with Gasteiger partial charge in [0.25, 0.3) is 11.7 Å². The Bertz CT molecular complexity index is 1020. The van der Waals surface area contributed by atoms with E-state index in [0.717, 1.165) is 29.7 Å². The monoisotopic (exact) mass is 436 g/mol. The second kappa shape index (κ2) is 10.0. The second-order valence-electron chi connectivity index (χ2n) is 8.47. The highest BCUT2D eigenvalue weighted by atomic mass is 16.5. The van der Waals surface area contributed by atoms with E-state index in [0.29, 0.717) is 24.5 Å². The van der Waals surface area contributed by atoms with Gasteiger partial charge in [-0.2, -0.15) is 0 Å². The van der Waals surface area contributed by atoms with Crippen molar-refractivity contribution in [3.63, 3.8) is 0 Å². The number of aliphatic hydroxyl groups is 1. The third-order valence-corrected chi connectivity index (χ3v) is 5.70. The fourth-order valence-electron chi connectivity index (χ4n) is 4.07. The van der Waals surface area contributed by atoms with Crippen LogP contribution in [-0.2, 0) is 9.59 Å². The summed E-state index contributed by atoms with van der Waals surface area (Å²) in [4.78, 5) is 29.7. The molecule has 0 bridgehead atoms. The molecule has 2 aromatic rings. The number of hydrogen-bond donors (Lipinski definition) is 1. The van der Waals surface area contributed by atoms with Crippen LogP contribution in [0.2, 0.25) is 0 Å². The van der Waals surface area contributed by atoms with Gasteiger partial charge in [-0.05, 0) is 77.2 Å². The van der Waals surface area contributed by atoms with Gasteiger partial charge in [-0.1, -0.05) is 29.8 Å². The standard InChI is InChI=1S/C26H32N2O4/c1-6-32-20-12-13-21(18(3)16-20)24(29)22-23(19-10-8-17(2)9-11-19)28(26(31)25(22)30)15-7-14-27(4)5/h8-13,16,23,29H,6-7,14-15H2,1-5H3. The zero-order valence-corrected chi connectivity index (χ0v) is 19.5. The van der Waals surface area contributed by atoms with Crippen molar-refractivity contribution in [3.05, 3.63) is 70.3 Å². The molecule has 1 saturated heterocycles. The first-order valence-electron chi connectivity index (χ1n) is 11.0. The van der Waals surface area contributed by atoms with Gasteiger partial charge in [-0.15, -0.1) is 0 Å². The molecular formula is C26H32N2O4. The lowest BCUT2D eigenvalue weighted by Crippen LogP contribution is -2.32. The number of carbonyl (C=O) groups is 2. The van der Waals surface area contributed by atoms with E-state index < -0.39 is 17.7 Å². The fourth-order valence-corrected chi connectivity index (χ4v) is 4.07. The van der Waals surface area contributed by atoms with Gasteiger partial charge in [0, 0.05) is 12.1 Å². The van der Waals surface area contributed by atoms with Crippen molar-refractivity contribution in [2.24, 2.45) is 0 Å². The van der Waals surface area contributed by atoms with E-state index in [9.17, 15) is 14.7 Å². The van der Waals surface area contributed by atoms with Crippen LogP contribution in [0.15, 0.2) is 48.0 Å². The predicted molar refractivity (Wildman–Crippen MR) is 126 cm³/mol. The highest BCUT2D eigenvalue weighted by Gasteiger charge is 2.45. The molecule has 170 valence electrons. The number of hydrogen-bond acceptors (Lipinski definition) is 5. The summed E-state index contributed by atoms with van der Waals surface area (Å²) >= 11 is 0. The molecular weight excluding hydrogens is 404 g/mol. The summed E-state index contributed by atoms with van der Waals surface area (Å²) in [6.45, 7) is 7.51. The van der Waals surface area contributed by atoms with Gasteiger partial charge < -0.3 is 19.6 Å². The predicted octanol–water partition coefficient (Wildman–Crippen LogP) is 4.08. The Morgan fingerprint density at radius 1 is 1.09 bits per heavy atom. The quantitative estimate of drug-likeness (QED) is 0.384. The number of aliphatic hydroxyl groups excluding tert-OH is 1. The molecule has 1 N–H and O–H groups in total. The van der Waals surface area contributed by atoms with E-state index in [1.165, 1.54) is 0 Å². The Morgan fingerprint density at radius 3 is 2.38 bits per heavy atom. The molecule has 1 heterocycles. The number of carbonyl (C=O) groups excluding carboxylic acids is 2. The van der Waals surface area contributed by atoms with E-state index in [2.05, 4.69) is 0 Å². The molecule has 1 fully saturated rings. The summed E-state index contributed by atoms with van der Waals surface area (Å²) < 4.78 is 5.54. The summed E-state index contributed by atoms with van der Waals surface area (Å²) in [6, 6.07) is 12.5. The normalized spacial score (nSPS) is 17.9. The zero-order chi connectivity index (χ0) is 23.4. The van der Waals surface area contributed by atoms with Crippen molar-refractivity contribution in [3.8, 4) is 5.75 Å². The molecule has 1 atom stereocenters. The van der Waals surface area contributed by atoms with Crippen LogP contribution in [0.3, 0.4) is 0 Å². The molecule has 1 amide bonds. The third kappa shape index (κ3) is 4.86. The molecule has 0 spiro atoms. The van der Waals surface area contributed by atoms with Crippen LogP contribution in [-0.4, -0.2) is 60.4 Å². The van der Waals surface area contributed by atoms with Crippen molar-refractivity contribution in [1.82, 2.24) is 9.80 Å². The van der Waals surface area contributed by atoms with E-state index in [4.69, 9.17) is 4.74 Å². The molecule has 0 saturated carbocycles. The van der Waals surface area contributed by atoms with Gasteiger partial charge in [0.15, 0.2) is 0 Å². The number of aryl methyl sites for hydroxylation is 2. The van der Waals surface area contributed by atoms with Crippen LogP contribution in [0.4, 0.5) is 0 Å². The van der Waals surface area contributed by atoms with Crippen molar-refractivity contribution < 1.29 is 19.4 Å². The first-order chi connectivity index (χ1) is 15.2. The molecule has 1 unspecified atom stereocenters. The lowest BCUT2D eigenvalue weighted by Gasteiger charge is -2.26. The second-order valence-corrected chi connectivity index (χ2v) is 8.47. The first-order valence-corrected chi connectivity index (χ1v) is 11.0. The average Bonchev–Trinajstić information content (AvgIpc) is 2.99. The highest BCUT2D eigenvalue weighted by molar-refractivity contribution is 6.46. The number of ketones is 1. The number of nitrogens with zero attached hydrogens (tertiary/aromatic N) is 2. The van der Waals surface area contributed by atoms with Gasteiger partial charge >= 0.3 is 0 Å². The minimum atomic E-state index is -0.647. The number of rotatable bonds is 8. The van der Waals surface area contributed by atoms with Gasteiger partial charge in [-0.3, -0.25) is 9.59 Å². The highest BCUT2D eigenvalue weighted by Crippen LogP contribution is 2.40. The maximum Gasteiger partial charge on any atom is 0.295 e. The molecule has 0 aliphatic carbocycles. The Hall–Kier alpha value is -3.12. The van der Waals surface area contributed by atoms with Crippen LogP contribution >= 0.6 is 0 Å². The molecule has 32 heavy (non-hydrogen) atoms. The zero-order valence-electron chi connectivity index (χ0n) is 19.5. The Labute approximate surface area is 190 Å². The number of Topliss-reactive ketones (excluding diaryl/α,β-unsaturated/α-hetero) is 1. The Balaban J connectivity index is 2.09. The fraction of sp³-hybridized carbons (Fsp3) is 0.385. The number of benzene rings is 2. The first kappa shape index (κ1) is 23.5. The largest absolute Gasteiger partial charge is 0.507 e. The molecule has 1 aliphatic heterocycles. The SMILES string of the molecule is CCOc1ccc(C(O)=C2C(=O)C(=O)N(CCCN(C)C)C2c2ccc(C)cc2)c(C)c1. The van der Waals surface area contributed by atoms with E-state index in [-0.39, 0.29) is 11.3 Å².